The quantitative estimate of drug-likeness (QED) is 0.629. The molecule has 3 saturated carbocycles. The van der Waals surface area contributed by atoms with Gasteiger partial charge < -0.3 is 14.9 Å². The molecular weight excluding hydrogens is 408 g/mol. The van der Waals surface area contributed by atoms with Crippen LogP contribution in [0.1, 0.15) is 79.6 Å². The van der Waals surface area contributed by atoms with Gasteiger partial charge in [0.05, 0.1) is 5.92 Å². The molecule has 9 atom stereocenters. The minimum atomic E-state index is -1.16. The largest absolute Gasteiger partial charge is 0.481 e. The lowest BCUT2D eigenvalue weighted by Gasteiger charge is -2.62. The number of esters is 1. The molecule has 6 heteroatoms. The first kappa shape index (κ1) is 23.5. The molecule has 178 valence electrons. The highest BCUT2D eigenvalue weighted by Crippen LogP contribution is 2.70. The summed E-state index contributed by atoms with van der Waals surface area (Å²) in [6.45, 7) is 9.59. The predicted molar refractivity (Wildman–Crippen MR) is 119 cm³/mol. The molecule has 0 saturated heterocycles. The molecule has 0 aliphatic heterocycles. The van der Waals surface area contributed by atoms with Gasteiger partial charge in [0, 0.05) is 18.8 Å². The molecule has 0 aromatic rings. The molecule has 32 heavy (non-hydrogen) atoms. The van der Waals surface area contributed by atoms with Gasteiger partial charge in [0.1, 0.15) is 11.7 Å². The van der Waals surface area contributed by atoms with Gasteiger partial charge in [-0.05, 0) is 73.7 Å². The number of ketones is 1. The van der Waals surface area contributed by atoms with Crippen molar-refractivity contribution >= 4 is 17.7 Å². The molecule has 4 rings (SSSR count). The van der Waals surface area contributed by atoms with Crippen molar-refractivity contribution in [2.24, 2.45) is 40.4 Å². The molecule has 1 unspecified atom stereocenters. The third-order valence-electron chi connectivity index (χ3n) is 10.2. The van der Waals surface area contributed by atoms with Crippen LogP contribution in [0.5, 0.6) is 0 Å². The summed E-state index contributed by atoms with van der Waals surface area (Å²) in [6.07, 6.45) is 5.80. The van der Waals surface area contributed by atoms with E-state index in [1.54, 1.807) is 6.08 Å². The molecule has 0 amide bonds. The van der Waals surface area contributed by atoms with Crippen LogP contribution in [0.3, 0.4) is 0 Å². The Morgan fingerprint density at radius 3 is 2.44 bits per heavy atom. The van der Waals surface area contributed by atoms with Crippen LogP contribution in [0.15, 0.2) is 11.6 Å². The van der Waals surface area contributed by atoms with Crippen LogP contribution in [0.2, 0.25) is 0 Å². The van der Waals surface area contributed by atoms with E-state index in [2.05, 4.69) is 13.8 Å². The van der Waals surface area contributed by atoms with E-state index in [1.807, 2.05) is 13.8 Å². The van der Waals surface area contributed by atoms with Crippen LogP contribution in [-0.2, 0) is 19.1 Å². The van der Waals surface area contributed by atoms with E-state index < -0.39 is 35.0 Å². The average Bonchev–Trinajstić information content (AvgIpc) is 2.99. The Balaban J connectivity index is 1.79. The second-order valence-corrected chi connectivity index (χ2v) is 11.4. The smallest absolute Gasteiger partial charge is 0.307 e. The molecule has 3 fully saturated rings. The number of rotatable bonds is 4. The Kier molecular flexibility index (Phi) is 5.63. The number of allylic oxidation sites excluding steroid dienone is 1. The number of carbonyl (C=O) groups is 3. The summed E-state index contributed by atoms with van der Waals surface area (Å²) < 4.78 is 5.60. The Bertz CT molecular complexity index is 862. The molecule has 0 heterocycles. The number of aliphatic carboxylic acids is 1. The number of carboxylic acid groups (broad SMARTS) is 1. The van der Waals surface area contributed by atoms with Crippen molar-refractivity contribution in [2.45, 2.75) is 91.3 Å². The van der Waals surface area contributed by atoms with Gasteiger partial charge in [0.25, 0.3) is 0 Å². The maximum atomic E-state index is 12.6. The fourth-order valence-corrected chi connectivity index (χ4v) is 8.63. The summed E-state index contributed by atoms with van der Waals surface area (Å²) in [5, 5.41) is 22.3. The van der Waals surface area contributed by atoms with Crippen molar-refractivity contribution in [3.63, 3.8) is 0 Å². The van der Waals surface area contributed by atoms with E-state index in [4.69, 9.17) is 4.74 Å². The van der Waals surface area contributed by atoms with Crippen molar-refractivity contribution in [2.75, 3.05) is 0 Å². The fraction of sp³-hybridized carbons (Fsp3) is 0.808. The van der Waals surface area contributed by atoms with Crippen LogP contribution in [-0.4, -0.2) is 39.6 Å². The van der Waals surface area contributed by atoms with Gasteiger partial charge >= 0.3 is 11.9 Å². The first-order chi connectivity index (χ1) is 14.9. The molecule has 0 aromatic carbocycles. The molecule has 2 N–H and O–H groups in total. The minimum absolute atomic E-state index is 0.0374. The van der Waals surface area contributed by atoms with Crippen LogP contribution < -0.4 is 0 Å². The number of ether oxygens (including phenoxy) is 1. The number of fused-ring (bicyclic) bond motifs is 5. The van der Waals surface area contributed by atoms with Crippen molar-refractivity contribution in [1.29, 1.82) is 0 Å². The lowest BCUT2D eigenvalue weighted by Crippen LogP contribution is -2.62. The monoisotopic (exact) mass is 446 g/mol. The zero-order chi connectivity index (χ0) is 23.6. The van der Waals surface area contributed by atoms with Gasteiger partial charge in [0.2, 0.25) is 0 Å². The highest BCUT2D eigenvalue weighted by molar-refractivity contribution is 5.92. The molecule has 0 radical (unpaired) electrons. The summed E-state index contributed by atoms with van der Waals surface area (Å²) in [5.74, 6) is -1.74. The molecule has 0 spiro atoms. The summed E-state index contributed by atoms with van der Waals surface area (Å²) >= 11 is 0. The Morgan fingerprint density at radius 1 is 1.19 bits per heavy atom. The maximum Gasteiger partial charge on any atom is 0.307 e. The molecule has 0 aromatic heterocycles. The highest BCUT2D eigenvalue weighted by Gasteiger charge is 2.69. The summed E-state index contributed by atoms with van der Waals surface area (Å²) in [5.41, 5.74) is -0.827. The Labute approximate surface area is 190 Å². The third-order valence-corrected chi connectivity index (χ3v) is 10.2. The SMILES string of the molecule is CCC(OC(C)=O)[C@]1(O)CC[C@H]2[C@@H]3[C@H](C(=O)O)[C@H](C)C4=CC(=O)CC[C@]4(C)[C@H]3CC[C@@]21C. The fourth-order valence-electron chi connectivity index (χ4n) is 8.63. The van der Waals surface area contributed by atoms with Gasteiger partial charge in [-0.1, -0.05) is 33.3 Å². The Morgan fingerprint density at radius 2 is 1.84 bits per heavy atom. The Hall–Kier alpha value is -1.69. The summed E-state index contributed by atoms with van der Waals surface area (Å²) in [6, 6.07) is 0. The topological polar surface area (TPSA) is 101 Å². The van der Waals surface area contributed by atoms with Crippen molar-refractivity contribution in [3.05, 3.63) is 11.6 Å². The van der Waals surface area contributed by atoms with E-state index >= 15 is 0 Å². The second-order valence-electron chi connectivity index (χ2n) is 11.4. The lowest BCUT2D eigenvalue weighted by atomic mass is 9.42. The zero-order valence-electron chi connectivity index (χ0n) is 20.0. The standard InChI is InChI=1S/C26H38O6/c1-6-20(32-15(3)27)26(31)12-9-18-22-17(8-11-25(18,26)5)24(4)10-7-16(28)13-19(24)14(2)21(22)23(29)30/h13-14,17-18,20-22,31H,6-12H2,1-5H3,(H,29,30)/t14-,17+,18+,20?,21-,22-,24-,25+,26-/m1/s1. The zero-order valence-corrected chi connectivity index (χ0v) is 20.0. The normalized spacial score (nSPS) is 46.4. The molecule has 4 aliphatic carbocycles. The molecular formula is C26H38O6. The first-order valence-corrected chi connectivity index (χ1v) is 12.3. The first-order valence-electron chi connectivity index (χ1n) is 12.3. The number of carboxylic acids is 1. The van der Waals surface area contributed by atoms with Gasteiger partial charge in [0.15, 0.2) is 5.78 Å². The van der Waals surface area contributed by atoms with Crippen molar-refractivity contribution < 1.29 is 29.3 Å². The lowest BCUT2D eigenvalue weighted by molar-refractivity contribution is -0.204. The predicted octanol–water partition coefficient (Wildman–Crippen LogP) is 4.15. The van der Waals surface area contributed by atoms with Crippen LogP contribution in [0.4, 0.5) is 0 Å². The van der Waals surface area contributed by atoms with Gasteiger partial charge in [-0.3, -0.25) is 14.4 Å². The van der Waals surface area contributed by atoms with Gasteiger partial charge in [-0.25, -0.2) is 0 Å². The van der Waals surface area contributed by atoms with E-state index in [1.165, 1.54) is 6.92 Å². The van der Waals surface area contributed by atoms with Crippen molar-refractivity contribution in [1.82, 2.24) is 0 Å². The number of hydrogen-bond acceptors (Lipinski definition) is 5. The second kappa shape index (κ2) is 7.68. The van der Waals surface area contributed by atoms with Crippen LogP contribution in [0.25, 0.3) is 0 Å². The average molecular weight is 447 g/mol. The maximum absolute atomic E-state index is 12.6. The minimum Gasteiger partial charge on any atom is -0.481 e. The number of carbonyl (C=O) groups excluding carboxylic acids is 2. The molecule has 0 bridgehead atoms. The van der Waals surface area contributed by atoms with E-state index in [-0.39, 0.29) is 34.9 Å². The van der Waals surface area contributed by atoms with E-state index in [9.17, 15) is 24.6 Å². The summed E-state index contributed by atoms with van der Waals surface area (Å²) in [4.78, 5) is 36.7. The van der Waals surface area contributed by atoms with Gasteiger partial charge in [-0.15, -0.1) is 0 Å². The highest BCUT2D eigenvalue weighted by atomic mass is 16.6. The molecule has 4 aliphatic rings. The van der Waals surface area contributed by atoms with E-state index in [0.717, 1.165) is 31.3 Å². The third kappa shape index (κ3) is 3.04. The van der Waals surface area contributed by atoms with E-state index in [0.29, 0.717) is 19.3 Å². The van der Waals surface area contributed by atoms with Crippen LogP contribution >= 0.6 is 0 Å². The van der Waals surface area contributed by atoms with Crippen LogP contribution in [0, 0.1) is 40.4 Å². The van der Waals surface area contributed by atoms with Crippen molar-refractivity contribution in [3.8, 4) is 0 Å². The number of aliphatic hydroxyl groups is 1. The number of hydrogen-bond donors (Lipinski definition) is 2. The summed E-state index contributed by atoms with van der Waals surface area (Å²) in [7, 11) is 0. The van der Waals surface area contributed by atoms with Gasteiger partial charge in [-0.2, -0.15) is 0 Å². The molecule has 6 nitrogen and oxygen atoms in total.